The lowest BCUT2D eigenvalue weighted by Gasteiger charge is -2.19. The molecule has 2 unspecified atom stereocenters. The minimum Gasteiger partial charge on any atom is -0.396 e. The van der Waals surface area contributed by atoms with Gasteiger partial charge in [0.15, 0.2) is 0 Å². The van der Waals surface area contributed by atoms with E-state index in [1.54, 1.807) is 6.07 Å². The highest BCUT2D eigenvalue weighted by molar-refractivity contribution is 7.80. The number of thiol groups is 1. The monoisotopic (exact) mass is 265 g/mol. The van der Waals surface area contributed by atoms with Crippen LogP contribution < -0.4 is 5.32 Å². The van der Waals surface area contributed by atoms with E-state index in [1.807, 2.05) is 19.1 Å². The number of carbonyl (C=O) groups excluding carboxylic acids is 1. The fraction of sp³-hybridized carbons (Fsp3) is 0.500. The number of hydrogen-bond donors (Lipinski definition) is 3. The SMILES string of the molecule is Cc1ccc(S)cc1C(=O)NC1CCCC1CO. The van der Waals surface area contributed by atoms with Gasteiger partial charge in [-0.25, -0.2) is 0 Å². The Kier molecular flexibility index (Phi) is 4.30. The molecule has 2 rings (SSSR count). The number of carbonyl (C=O) groups is 1. The van der Waals surface area contributed by atoms with Crippen LogP contribution in [0.4, 0.5) is 0 Å². The maximum absolute atomic E-state index is 12.2. The predicted molar refractivity (Wildman–Crippen MR) is 74.1 cm³/mol. The molecule has 1 aliphatic carbocycles. The number of benzene rings is 1. The van der Waals surface area contributed by atoms with E-state index in [2.05, 4.69) is 17.9 Å². The van der Waals surface area contributed by atoms with Crippen LogP contribution in [0.3, 0.4) is 0 Å². The maximum atomic E-state index is 12.2. The van der Waals surface area contributed by atoms with Crippen molar-refractivity contribution in [2.24, 2.45) is 5.92 Å². The van der Waals surface area contributed by atoms with Gasteiger partial charge in [-0.3, -0.25) is 4.79 Å². The van der Waals surface area contributed by atoms with Crippen LogP contribution >= 0.6 is 12.6 Å². The van der Waals surface area contributed by atoms with Gasteiger partial charge >= 0.3 is 0 Å². The Labute approximate surface area is 113 Å². The lowest BCUT2D eigenvalue weighted by atomic mass is 10.0. The first-order chi connectivity index (χ1) is 8.61. The number of nitrogens with one attached hydrogen (secondary N) is 1. The summed E-state index contributed by atoms with van der Waals surface area (Å²) in [4.78, 5) is 13.0. The van der Waals surface area contributed by atoms with Crippen LogP contribution in [0.5, 0.6) is 0 Å². The average molecular weight is 265 g/mol. The molecule has 0 radical (unpaired) electrons. The Morgan fingerprint density at radius 1 is 1.50 bits per heavy atom. The van der Waals surface area contributed by atoms with E-state index >= 15 is 0 Å². The fourth-order valence-corrected chi connectivity index (χ4v) is 2.75. The second kappa shape index (κ2) is 5.76. The summed E-state index contributed by atoms with van der Waals surface area (Å²) in [6, 6.07) is 5.67. The molecule has 0 saturated heterocycles. The van der Waals surface area contributed by atoms with Gasteiger partial charge in [0.25, 0.3) is 5.91 Å². The summed E-state index contributed by atoms with van der Waals surface area (Å²) in [5.41, 5.74) is 1.62. The Balaban J connectivity index is 2.09. The summed E-state index contributed by atoms with van der Waals surface area (Å²) < 4.78 is 0. The van der Waals surface area contributed by atoms with Gasteiger partial charge < -0.3 is 10.4 Å². The highest BCUT2D eigenvalue weighted by Crippen LogP contribution is 2.25. The largest absolute Gasteiger partial charge is 0.396 e. The van der Waals surface area contributed by atoms with Gasteiger partial charge in [-0.1, -0.05) is 12.5 Å². The molecule has 0 heterocycles. The van der Waals surface area contributed by atoms with Crippen LogP contribution in [0.25, 0.3) is 0 Å². The molecule has 2 N–H and O–H groups in total. The standard InChI is InChI=1S/C14H19NO2S/c1-9-5-6-11(18)7-12(9)14(17)15-13-4-2-3-10(13)8-16/h5-7,10,13,16,18H,2-4,8H2,1H3,(H,15,17). The highest BCUT2D eigenvalue weighted by atomic mass is 32.1. The first kappa shape index (κ1) is 13.4. The third-order valence-electron chi connectivity index (χ3n) is 3.68. The van der Waals surface area contributed by atoms with Gasteiger partial charge in [0, 0.05) is 29.0 Å². The molecule has 0 bridgehead atoms. The number of aliphatic hydroxyl groups is 1. The number of amides is 1. The zero-order valence-electron chi connectivity index (χ0n) is 10.5. The van der Waals surface area contributed by atoms with E-state index in [0.717, 1.165) is 29.7 Å². The van der Waals surface area contributed by atoms with Crippen LogP contribution in [0.1, 0.15) is 35.2 Å². The molecular formula is C14H19NO2S. The second-order valence-electron chi connectivity index (χ2n) is 4.95. The minimum absolute atomic E-state index is 0.0613. The molecule has 1 fully saturated rings. The first-order valence-electron chi connectivity index (χ1n) is 6.33. The Bertz CT molecular complexity index is 447. The summed E-state index contributed by atoms with van der Waals surface area (Å²) in [6.45, 7) is 2.07. The van der Waals surface area contributed by atoms with E-state index in [4.69, 9.17) is 0 Å². The molecule has 18 heavy (non-hydrogen) atoms. The Morgan fingerprint density at radius 2 is 2.28 bits per heavy atom. The highest BCUT2D eigenvalue weighted by Gasteiger charge is 2.28. The van der Waals surface area contributed by atoms with Gasteiger partial charge in [0.2, 0.25) is 0 Å². The van der Waals surface area contributed by atoms with Crippen LogP contribution in [-0.2, 0) is 0 Å². The normalized spacial score (nSPS) is 23.1. The Morgan fingerprint density at radius 3 is 3.00 bits per heavy atom. The number of aliphatic hydroxyl groups excluding tert-OH is 1. The van der Waals surface area contributed by atoms with Gasteiger partial charge in [0.1, 0.15) is 0 Å². The molecule has 1 saturated carbocycles. The topological polar surface area (TPSA) is 49.3 Å². The summed E-state index contributed by atoms with van der Waals surface area (Å²) >= 11 is 4.26. The van der Waals surface area contributed by atoms with Crippen molar-refractivity contribution in [3.63, 3.8) is 0 Å². The third kappa shape index (κ3) is 2.87. The number of hydrogen-bond acceptors (Lipinski definition) is 3. The van der Waals surface area contributed by atoms with Gasteiger partial charge in [-0.2, -0.15) is 0 Å². The second-order valence-corrected chi connectivity index (χ2v) is 5.47. The van der Waals surface area contributed by atoms with Crippen molar-refractivity contribution in [3.05, 3.63) is 29.3 Å². The molecule has 98 valence electrons. The zero-order chi connectivity index (χ0) is 13.1. The summed E-state index contributed by atoms with van der Waals surface area (Å²) in [7, 11) is 0. The van der Waals surface area contributed by atoms with Crippen molar-refractivity contribution in [3.8, 4) is 0 Å². The van der Waals surface area contributed by atoms with E-state index < -0.39 is 0 Å². The molecule has 0 aliphatic heterocycles. The molecule has 1 aliphatic rings. The van der Waals surface area contributed by atoms with E-state index in [1.165, 1.54) is 0 Å². The van der Waals surface area contributed by atoms with Crippen LogP contribution in [0.15, 0.2) is 23.1 Å². The number of aryl methyl sites for hydroxylation is 1. The summed E-state index contributed by atoms with van der Waals surface area (Å²) in [5.74, 6) is 0.141. The molecular weight excluding hydrogens is 246 g/mol. The summed E-state index contributed by atoms with van der Waals surface area (Å²) in [6.07, 6.45) is 3.02. The Hall–Kier alpha value is -1.00. The summed E-state index contributed by atoms with van der Waals surface area (Å²) in [5, 5.41) is 12.3. The van der Waals surface area contributed by atoms with Gasteiger partial charge in [0.05, 0.1) is 0 Å². The van der Waals surface area contributed by atoms with Crippen LogP contribution in [0.2, 0.25) is 0 Å². The van der Waals surface area contributed by atoms with Gasteiger partial charge in [-0.15, -0.1) is 12.6 Å². The molecule has 0 spiro atoms. The number of rotatable bonds is 3. The zero-order valence-corrected chi connectivity index (χ0v) is 11.4. The smallest absolute Gasteiger partial charge is 0.251 e. The van der Waals surface area contributed by atoms with Crippen molar-refractivity contribution >= 4 is 18.5 Å². The predicted octanol–water partition coefficient (Wildman–Crippen LogP) is 2.17. The fourth-order valence-electron chi connectivity index (χ4n) is 2.55. The molecule has 3 nitrogen and oxygen atoms in total. The third-order valence-corrected chi connectivity index (χ3v) is 3.95. The molecule has 4 heteroatoms. The van der Waals surface area contributed by atoms with E-state index in [-0.39, 0.29) is 24.5 Å². The van der Waals surface area contributed by atoms with Crippen molar-refractivity contribution in [1.29, 1.82) is 0 Å². The van der Waals surface area contributed by atoms with Crippen molar-refractivity contribution in [1.82, 2.24) is 5.32 Å². The van der Waals surface area contributed by atoms with E-state index in [0.29, 0.717) is 5.56 Å². The molecule has 1 amide bonds. The average Bonchev–Trinajstić information content (AvgIpc) is 2.79. The van der Waals surface area contributed by atoms with Crippen molar-refractivity contribution in [2.45, 2.75) is 37.1 Å². The van der Waals surface area contributed by atoms with Crippen molar-refractivity contribution in [2.75, 3.05) is 6.61 Å². The van der Waals surface area contributed by atoms with E-state index in [9.17, 15) is 9.90 Å². The quantitative estimate of drug-likeness (QED) is 0.734. The lowest BCUT2D eigenvalue weighted by molar-refractivity contribution is 0.0915. The van der Waals surface area contributed by atoms with Crippen LogP contribution in [0, 0.1) is 12.8 Å². The molecule has 0 aromatic heterocycles. The maximum Gasteiger partial charge on any atom is 0.251 e. The molecule has 2 atom stereocenters. The lowest BCUT2D eigenvalue weighted by Crippen LogP contribution is -2.38. The minimum atomic E-state index is -0.0613. The van der Waals surface area contributed by atoms with Gasteiger partial charge in [-0.05, 0) is 37.5 Å². The first-order valence-corrected chi connectivity index (χ1v) is 6.78. The van der Waals surface area contributed by atoms with Crippen LogP contribution in [-0.4, -0.2) is 23.7 Å². The van der Waals surface area contributed by atoms with Crippen molar-refractivity contribution < 1.29 is 9.90 Å². The molecule has 1 aromatic carbocycles. The molecule has 1 aromatic rings.